The van der Waals surface area contributed by atoms with Crippen LogP contribution in [-0.4, -0.2) is 4.57 Å². The minimum absolute atomic E-state index is 0.858. The fraction of sp³-hybridized carbons (Fsp3) is 0.0725. The van der Waals surface area contributed by atoms with E-state index in [0.29, 0.717) is 0 Å². The molecule has 340 valence electrons. The van der Waals surface area contributed by atoms with E-state index in [1.165, 1.54) is 88.1 Å². The third kappa shape index (κ3) is 8.60. The van der Waals surface area contributed by atoms with Crippen molar-refractivity contribution in [1.82, 2.24) is 4.57 Å². The van der Waals surface area contributed by atoms with Gasteiger partial charge in [0, 0.05) is 33.5 Å². The van der Waals surface area contributed by atoms with Gasteiger partial charge in [0.05, 0.1) is 11.0 Å². The number of benzene rings is 8. The van der Waals surface area contributed by atoms with Crippen LogP contribution < -0.4 is 4.90 Å². The largest absolute Gasteiger partial charge is 0.311 e. The number of hydrogen-bond acceptors (Lipinski definition) is 1. The lowest BCUT2D eigenvalue weighted by molar-refractivity contribution is 0.884. The van der Waals surface area contributed by atoms with E-state index in [2.05, 4.69) is 271 Å². The van der Waals surface area contributed by atoms with Crippen LogP contribution in [0, 0.1) is 0 Å². The summed E-state index contributed by atoms with van der Waals surface area (Å²) in [6, 6.07) is 64.8. The minimum Gasteiger partial charge on any atom is -0.311 e. The Morgan fingerprint density at radius 3 is 2.04 bits per heavy atom. The van der Waals surface area contributed by atoms with Gasteiger partial charge in [-0.1, -0.05) is 201 Å². The summed E-state index contributed by atoms with van der Waals surface area (Å²) in [5.41, 5.74) is 17.9. The molecule has 8 aromatic carbocycles. The smallest absolute Gasteiger partial charge is 0.0547 e. The van der Waals surface area contributed by atoms with Gasteiger partial charge in [-0.2, -0.15) is 0 Å². The average molecular weight is 911 g/mol. The summed E-state index contributed by atoms with van der Waals surface area (Å²) < 4.78 is 2.45. The molecule has 0 fully saturated rings. The van der Waals surface area contributed by atoms with E-state index in [1.54, 1.807) is 0 Å². The van der Waals surface area contributed by atoms with Crippen molar-refractivity contribution in [1.29, 1.82) is 0 Å². The van der Waals surface area contributed by atoms with Crippen LogP contribution in [-0.2, 0) is 0 Å². The van der Waals surface area contributed by atoms with Crippen molar-refractivity contribution >= 4 is 77.0 Å². The van der Waals surface area contributed by atoms with Gasteiger partial charge in [-0.15, -0.1) is 0 Å². The molecule has 0 bridgehead atoms. The molecule has 2 heteroatoms. The SMILES string of the molecule is C=C1/C=C\C=C/C/C=C\C=C1c1ccc(N(C2=CCCCC(c3cccc4c3c3cc5ccccc5cc3n4-c3ccccc3)=C2)c2ccc(C3=CC=C(c4cccc5ccccc45)C=CC3)cc2)cc1. The Morgan fingerprint density at radius 2 is 1.21 bits per heavy atom. The second-order valence-electron chi connectivity index (χ2n) is 18.7. The minimum atomic E-state index is 0.858. The van der Waals surface area contributed by atoms with Crippen molar-refractivity contribution < 1.29 is 0 Å². The highest BCUT2D eigenvalue weighted by Gasteiger charge is 2.22. The molecule has 0 saturated heterocycles. The van der Waals surface area contributed by atoms with Gasteiger partial charge in [0.25, 0.3) is 0 Å². The Bertz CT molecular complexity index is 3810. The highest BCUT2D eigenvalue weighted by Crippen LogP contribution is 2.43. The molecule has 0 N–H and O–H groups in total. The molecule has 0 atom stereocenters. The molecule has 0 unspecified atom stereocenters. The van der Waals surface area contributed by atoms with Crippen molar-refractivity contribution in [3.63, 3.8) is 0 Å². The molecule has 9 aromatic rings. The molecule has 0 amide bonds. The number of nitrogens with zero attached hydrogens (tertiary/aromatic N) is 2. The first-order valence-electron chi connectivity index (χ1n) is 25.0. The number of fused-ring (bicyclic) bond motifs is 5. The van der Waals surface area contributed by atoms with Crippen LogP contribution in [0.4, 0.5) is 11.4 Å². The van der Waals surface area contributed by atoms with Gasteiger partial charge >= 0.3 is 0 Å². The lowest BCUT2D eigenvalue weighted by Crippen LogP contribution is -2.15. The first kappa shape index (κ1) is 43.6. The number of anilines is 2. The molecule has 1 aromatic heterocycles. The van der Waals surface area contributed by atoms with Gasteiger partial charge in [-0.25, -0.2) is 0 Å². The molecule has 3 aliphatic rings. The Kier molecular flexibility index (Phi) is 11.9. The fourth-order valence-electron chi connectivity index (χ4n) is 10.8. The van der Waals surface area contributed by atoms with Gasteiger partial charge in [0.2, 0.25) is 0 Å². The molecule has 0 saturated carbocycles. The predicted molar refractivity (Wildman–Crippen MR) is 306 cm³/mol. The summed E-state index contributed by atoms with van der Waals surface area (Å²) in [6.45, 7) is 4.47. The highest BCUT2D eigenvalue weighted by atomic mass is 15.1. The second-order valence-corrected chi connectivity index (χ2v) is 18.7. The summed E-state index contributed by atoms with van der Waals surface area (Å²) in [5.74, 6) is 0. The zero-order valence-corrected chi connectivity index (χ0v) is 39.9. The van der Waals surface area contributed by atoms with Crippen LogP contribution in [0.25, 0.3) is 71.3 Å². The number of para-hydroxylation sites is 1. The maximum atomic E-state index is 4.47. The molecule has 3 aliphatic carbocycles. The van der Waals surface area contributed by atoms with E-state index in [-0.39, 0.29) is 0 Å². The van der Waals surface area contributed by atoms with Crippen LogP contribution in [0.1, 0.15) is 54.4 Å². The van der Waals surface area contributed by atoms with Crippen molar-refractivity contribution in [2.24, 2.45) is 0 Å². The van der Waals surface area contributed by atoms with Crippen molar-refractivity contribution in [2.45, 2.75) is 32.1 Å². The van der Waals surface area contributed by atoms with E-state index >= 15 is 0 Å². The zero-order chi connectivity index (χ0) is 47.5. The molecule has 71 heavy (non-hydrogen) atoms. The number of aromatic nitrogens is 1. The number of rotatable bonds is 8. The monoisotopic (exact) mass is 910 g/mol. The van der Waals surface area contributed by atoms with Crippen LogP contribution in [0.15, 0.2) is 273 Å². The van der Waals surface area contributed by atoms with Gasteiger partial charge in [0.15, 0.2) is 0 Å². The van der Waals surface area contributed by atoms with Gasteiger partial charge in [-0.05, 0) is 164 Å². The molecule has 1 heterocycles. The standard InChI is InChI=1S/C69H54N2/c1-49-20-7-4-2-3-5-10-31-62(49)54-40-44-60(45-41-54)70(59-42-38-51(39-43-59)50-25-17-26-53(37-36-50)64-33-18-27-52-21-14-16-32-63(52)64)61-30-15-13-24-57(46-61)65-34-19-35-67-69(65)66-47-55-22-11-12-23-56(55)48-68(66)71(67)58-28-8-6-9-29-58/h2,4-12,14,16-23,26-48H,1,3,13,15,24-25H2/b4-2-,10-5-,20-7-,62-31?. The van der Waals surface area contributed by atoms with Crippen molar-refractivity contribution in [3.8, 4) is 5.69 Å². The molecule has 0 radical (unpaired) electrons. The average Bonchev–Trinajstić information content (AvgIpc) is 3.60. The summed E-state index contributed by atoms with van der Waals surface area (Å²) in [7, 11) is 0. The molecular formula is C69H54N2. The topological polar surface area (TPSA) is 8.17 Å². The van der Waals surface area contributed by atoms with E-state index < -0.39 is 0 Å². The lowest BCUT2D eigenvalue weighted by Gasteiger charge is -2.27. The van der Waals surface area contributed by atoms with E-state index in [0.717, 1.165) is 60.2 Å². The fourth-order valence-corrected chi connectivity index (χ4v) is 10.8. The van der Waals surface area contributed by atoms with E-state index in [9.17, 15) is 0 Å². The summed E-state index contributed by atoms with van der Waals surface area (Å²) in [4.78, 5) is 2.46. The van der Waals surface area contributed by atoms with Crippen LogP contribution >= 0.6 is 0 Å². The third-order valence-corrected chi connectivity index (χ3v) is 14.3. The molecular weight excluding hydrogens is 857 g/mol. The predicted octanol–water partition coefficient (Wildman–Crippen LogP) is 18.8. The molecule has 0 spiro atoms. The number of allylic oxidation sites excluding steroid dienone is 18. The Balaban J connectivity index is 0.969. The van der Waals surface area contributed by atoms with Crippen molar-refractivity contribution in [2.75, 3.05) is 4.90 Å². The van der Waals surface area contributed by atoms with Gasteiger partial charge < -0.3 is 9.47 Å². The zero-order valence-electron chi connectivity index (χ0n) is 39.9. The Morgan fingerprint density at radius 1 is 0.507 bits per heavy atom. The van der Waals surface area contributed by atoms with Crippen LogP contribution in [0.5, 0.6) is 0 Å². The molecule has 12 rings (SSSR count). The summed E-state index contributed by atoms with van der Waals surface area (Å²) >= 11 is 0. The normalized spacial score (nSPS) is 16.6. The maximum absolute atomic E-state index is 4.47. The lowest BCUT2D eigenvalue weighted by atomic mass is 9.95. The number of hydrogen-bond donors (Lipinski definition) is 0. The Labute approximate surface area is 417 Å². The van der Waals surface area contributed by atoms with Crippen LogP contribution in [0.3, 0.4) is 0 Å². The summed E-state index contributed by atoms with van der Waals surface area (Å²) in [5, 5.41) is 7.60. The van der Waals surface area contributed by atoms with Crippen LogP contribution in [0.2, 0.25) is 0 Å². The third-order valence-electron chi connectivity index (χ3n) is 14.3. The second kappa shape index (κ2) is 19.3. The van der Waals surface area contributed by atoms with E-state index in [4.69, 9.17) is 0 Å². The summed E-state index contributed by atoms with van der Waals surface area (Å²) in [6.07, 6.45) is 33.8. The maximum Gasteiger partial charge on any atom is 0.0547 e. The van der Waals surface area contributed by atoms with Gasteiger partial charge in [-0.3, -0.25) is 0 Å². The first-order valence-corrected chi connectivity index (χ1v) is 25.0. The van der Waals surface area contributed by atoms with Crippen molar-refractivity contribution in [3.05, 3.63) is 295 Å². The highest BCUT2D eigenvalue weighted by molar-refractivity contribution is 6.17. The Hall–Kier alpha value is -8.72. The molecule has 2 nitrogen and oxygen atoms in total. The molecule has 0 aliphatic heterocycles. The van der Waals surface area contributed by atoms with Gasteiger partial charge in [0.1, 0.15) is 0 Å². The quantitative estimate of drug-likeness (QED) is 0.147. The first-order chi connectivity index (χ1) is 35.1. The van der Waals surface area contributed by atoms with E-state index in [1.807, 2.05) is 0 Å².